The van der Waals surface area contributed by atoms with Crippen molar-refractivity contribution in [1.29, 1.82) is 0 Å². The van der Waals surface area contributed by atoms with Crippen LogP contribution in [0.5, 0.6) is 0 Å². The number of hydrogen-bond acceptors (Lipinski definition) is 6. The third-order valence-corrected chi connectivity index (χ3v) is 11.0. The molecule has 248 valence electrons. The van der Waals surface area contributed by atoms with Crippen molar-refractivity contribution in [3.8, 4) is 0 Å². The van der Waals surface area contributed by atoms with Crippen LogP contribution >= 0.6 is 0 Å². The molecule has 0 aliphatic carbocycles. The van der Waals surface area contributed by atoms with Crippen LogP contribution in [0.3, 0.4) is 0 Å². The topological polar surface area (TPSA) is 148 Å². The highest BCUT2D eigenvalue weighted by molar-refractivity contribution is 6.01. The Morgan fingerprint density at radius 2 is 0.767 bits per heavy atom. The van der Waals surface area contributed by atoms with Crippen LogP contribution in [0.1, 0.15) is 129 Å². The number of aliphatic carboxylic acids is 3. The Bertz CT molecular complexity index is 1020. The van der Waals surface area contributed by atoms with E-state index in [-0.39, 0.29) is 0 Å². The zero-order valence-corrected chi connectivity index (χ0v) is 29.1. The van der Waals surface area contributed by atoms with E-state index in [0.29, 0.717) is 38.5 Å². The number of piperidine rings is 3. The highest BCUT2D eigenvalue weighted by Crippen LogP contribution is 2.68. The smallest absolute Gasteiger partial charge is 0.321 e. The predicted octanol–water partition coefficient (Wildman–Crippen LogP) is 5.52. The normalized spacial score (nSPS) is 28.1. The first kappa shape index (κ1) is 35.8. The molecule has 0 saturated carbocycles. The molecule has 3 saturated heterocycles. The molecule has 0 amide bonds. The second-order valence-corrected chi connectivity index (χ2v) is 18.4. The summed E-state index contributed by atoms with van der Waals surface area (Å²) < 4.78 is 0. The average Bonchev–Trinajstić information content (AvgIpc) is 2.69. The SMILES string of the molecule is CC(C(=O)O)C(C1CC(C)(C)NC(C)(C)C1)(C1CC(C)(C)NC(C)(C)C1)C(C(=O)O)(C(=O)O)C1CC(C)(C)NC(C)(C)C1. The summed E-state index contributed by atoms with van der Waals surface area (Å²) in [6, 6.07) is 0. The van der Waals surface area contributed by atoms with Gasteiger partial charge in [-0.25, -0.2) is 0 Å². The fraction of sp³-hybridized carbons (Fsp3) is 0.912. The molecule has 1 unspecified atom stereocenters. The second kappa shape index (κ2) is 10.7. The third-order valence-electron chi connectivity index (χ3n) is 11.0. The summed E-state index contributed by atoms with van der Waals surface area (Å²) in [5, 5.41) is 45.2. The van der Waals surface area contributed by atoms with Crippen LogP contribution in [0.25, 0.3) is 0 Å². The number of carbonyl (C=O) groups is 3. The lowest BCUT2D eigenvalue weighted by atomic mass is 9.38. The molecule has 1 atom stereocenters. The summed E-state index contributed by atoms with van der Waals surface area (Å²) in [5.41, 5.74) is -6.96. The Hall–Kier alpha value is -1.71. The lowest BCUT2D eigenvalue weighted by molar-refractivity contribution is -0.225. The number of hydrogen-bond donors (Lipinski definition) is 6. The van der Waals surface area contributed by atoms with Gasteiger partial charge in [-0.05, 0) is 139 Å². The first-order valence-corrected chi connectivity index (χ1v) is 16.1. The molecule has 0 bridgehead atoms. The number of carboxylic acid groups (broad SMARTS) is 3. The molecule has 0 radical (unpaired) electrons. The summed E-state index contributed by atoms with van der Waals surface area (Å²) in [6.45, 7) is 26.1. The van der Waals surface area contributed by atoms with Crippen molar-refractivity contribution in [3.63, 3.8) is 0 Å². The van der Waals surface area contributed by atoms with Gasteiger partial charge in [0.05, 0.1) is 5.92 Å². The molecule has 3 aliphatic heterocycles. The lowest BCUT2D eigenvalue weighted by Crippen LogP contribution is -2.74. The number of nitrogens with one attached hydrogen (secondary N) is 3. The quantitative estimate of drug-likeness (QED) is 0.196. The van der Waals surface area contributed by atoms with Crippen molar-refractivity contribution in [2.24, 2.45) is 34.5 Å². The van der Waals surface area contributed by atoms with Crippen LogP contribution in [-0.2, 0) is 14.4 Å². The Labute approximate surface area is 259 Å². The molecule has 3 rings (SSSR count). The van der Waals surface area contributed by atoms with Crippen molar-refractivity contribution >= 4 is 17.9 Å². The number of rotatable bonds is 8. The van der Waals surface area contributed by atoms with Crippen LogP contribution in [-0.4, -0.2) is 66.5 Å². The standard InChI is InChI=1S/C34H61N3O6/c1-20(24(38)39)33(21-14-27(2,3)35-28(4,5)15-21,22-16-29(6,7)36-30(8,9)17-22)34(25(40)41,26(42)43)23-18-31(10,11)37-32(12,13)19-23/h20-23,35-37H,14-19H2,1-13H3,(H,38,39)(H,40,41)(H,42,43). The zero-order chi connectivity index (χ0) is 33.4. The van der Waals surface area contributed by atoms with Gasteiger partial charge in [0.1, 0.15) is 0 Å². The number of carboxylic acids is 3. The van der Waals surface area contributed by atoms with E-state index in [0.717, 1.165) is 0 Å². The van der Waals surface area contributed by atoms with Crippen LogP contribution < -0.4 is 16.0 Å². The van der Waals surface area contributed by atoms with Gasteiger partial charge in [0.15, 0.2) is 5.41 Å². The van der Waals surface area contributed by atoms with Crippen molar-refractivity contribution in [3.05, 3.63) is 0 Å². The second-order valence-electron chi connectivity index (χ2n) is 18.4. The highest BCUT2D eigenvalue weighted by atomic mass is 16.4. The van der Waals surface area contributed by atoms with Gasteiger partial charge in [0.2, 0.25) is 0 Å². The molecule has 0 spiro atoms. The van der Waals surface area contributed by atoms with Crippen LogP contribution in [0.2, 0.25) is 0 Å². The fourth-order valence-electron chi connectivity index (χ4n) is 11.3. The minimum absolute atomic E-state index is 0.304. The van der Waals surface area contributed by atoms with Crippen molar-refractivity contribution in [1.82, 2.24) is 16.0 Å². The maximum atomic E-state index is 14.3. The molecule has 3 aliphatic rings. The summed E-state index contributed by atoms with van der Waals surface area (Å²) in [5.74, 6) is -6.98. The maximum absolute atomic E-state index is 14.3. The lowest BCUT2D eigenvalue weighted by Gasteiger charge is -2.66. The third kappa shape index (κ3) is 6.51. The van der Waals surface area contributed by atoms with Gasteiger partial charge in [0.25, 0.3) is 0 Å². The van der Waals surface area contributed by atoms with Gasteiger partial charge < -0.3 is 31.3 Å². The maximum Gasteiger partial charge on any atom is 0.321 e. The first-order valence-electron chi connectivity index (χ1n) is 16.1. The van der Waals surface area contributed by atoms with Crippen molar-refractivity contribution < 1.29 is 29.7 Å². The minimum atomic E-state index is -2.36. The average molecular weight is 608 g/mol. The minimum Gasteiger partial charge on any atom is -0.481 e. The molecule has 3 fully saturated rings. The van der Waals surface area contributed by atoms with E-state index < -0.39 is 85.6 Å². The molecular formula is C34H61N3O6. The van der Waals surface area contributed by atoms with Crippen molar-refractivity contribution in [2.45, 2.75) is 162 Å². The Morgan fingerprint density at radius 3 is 0.977 bits per heavy atom. The first-order chi connectivity index (χ1) is 19.0. The van der Waals surface area contributed by atoms with E-state index in [1.165, 1.54) is 0 Å². The van der Waals surface area contributed by atoms with Gasteiger partial charge in [-0.3, -0.25) is 14.4 Å². The van der Waals surface area contributed by atoms with Gasteiger partial charge >= 0.3 is 17.9 Å². The monoisotopic (exact) mass is 607 g/mol. The van der Waals surface area contributed by atoms with Crippen LogP contribution in [0.4, 0.5) is 0 Å². The molecule has 9 nitrogen and oxygen atoms in total. The summed E-state index contributed by atoms with van der Waals surface area (Å²) in [7, 11) is 0. The predicted molar refractivity (Wildman–Crippen MR) is 169 cm³/mol. The Kier molecular flexibility index (Phi) is 8.89. The summed E-state index contributed by atoms with van der Waals surface area (Å²) in [6.07, 6.45) is 2.49. The van der Waals surface area contributed by atoms with Gasteiger partial charge in [-0.2, -0.15) is 0 Å². The molecule has 0 aromatic rings. The van der Waals surface area contributed by atoms with E-state index >= 15 is 0 Å². The largest absolute Gasteiger partial charge is 0.481 e. The van der Waals surface area contributed by atoms with E-state index in [1.807, 2.05) is 27.7 Å². The van der Waals surface area contributed by atoms with Gasteiger partial charge in [0, 0.05) is 38.6 Å². The Balaban J connectivity index is 2.59. The zero-order valence-electron chi connectivity index (χ0n) is 29.1. The molecule has 3 heterocycles. The van der Waals surface area contributed by atoms with E-state index in [9.17, 15) is 29.7 Å². The highest BCUT2D eigenvalue weighted by Gasteiger charge is 2.76. The van der Waals surface area contributed by atoms with E-state index in [2.05, 4.69) is 71.3 Å². The molecule has 0 aromatic carbocycles. The fourth-order valence-corrected chi connectivity index (χ4v) is 11.3. The molecule has 6 N–H and O–H groups in total. The molecule has 9 heteroatoms. The van der Waals surface area contributed by atoms with Crippen LogP contribution in [0, 0.1) is 34.5 Å². The van der Waals surface area contributed by atoms with Crippen molar-refractivity contribution in [2.75, 3.05) is 0 Å². The Morgan fingerprint density at radius 1 is 0.535 bits per heavy atom. The van der Waals surface area contributed by atoms with Gasteiger partial charge in [-0.15, -0.1) is 0 Å². The molecular weight excluding hydrogens is 546 g/mol. The summed E-state index contributed by atoms with van der Waals surface area (Å²) in [4.78, 5) is 42.0. The summed E-state index contributed by atoms with van der Waals surface area (Å²) >= 11 is 0. The molecule has 0 aromatic heterocycles. The van der Waals surface area contributed by atoms with E-state index in [4.69, 9.17) is 0 Å². The van der Waals surface area contributed by atoms with Crippen LogP contribution in [0.15, 0.2) is 0 Å². The van der Waals surface area contributed by atoms with Gasteiger partial charge in [-0.1, -0.05) is 6.92 Å². The van der Waals surface area contributed by atoms with E-state index in [1.54, 1.807) is 6.92 Å². The molecule has 43 heavy (non-hydrogen) atoms.